The molecule has 0 aromatic carbocycles. The number of hydrogen-bond acceptors (Lipinski definition) is 4. The first-order valence-corrected chi connectivity index (χ1v) is 9.79. The summed E-state index contributed by atoms with van der Waals surface area (Å²) < 4.78 is 4.83. The number of unbranched alkanes of at least 4 members (excludes halogenated alkanes) is 10. The maximum absolute atomic E-state index is 11.4. The van der Waals surface area contributed by atoms with Crippen molar-refractivity contribution >= 4 is 11.7 Å². The van der Waals surface area contributed by atoms with Gasteiger partial charge >= 0.3 is 5.97 Å². The third-order valence-corrected chi connectivity index (χ3v) is 4.06. The van der Waals surface area contributed by atoms with Gasteiger partial charge in [0, 0.05) is 6.42 Å². The lowest BCUT2D eigenvalue weighted by Crippen LogP contribution is -2.17. The van der Waals surface area contributed by atoms with E-state index in [1.54, 1.807) is 6.92 Å². The first-order valence-electron chi connectivity index (χ1n) is 9.79. The largest absolute Gasteiger partial charge is 0.461 e. The third kappa shape index (κ3) is 14.3. The lowest BCUT2D eigenvalue weighted by atomic mass is 10.1. The Morgan fingerprint density at radius 3 is 1.96 bits per heavy atom. The van der Waals surface area contributed by atoms with E-state index in [9.17, 15) is 4.79 Å². The molecule has 0 aromatic heterocycles. The maximum Gasteiger partial charge on any atom is 0.356 e. The Labute approximate surface area is 148 Å². The summed E-state index contributed by atoms with van der Waals surface area (Å²) in [6.45, 7) is 4.30. The highest BCUT2D eigenvalue weighted by Gasteiger charge is 2.12. The molecule has 0 spiro atoms. The van der Waals surface area contributed by atoms with Gasteiger partial charge in [-0.25, -0.2) is 4.79 Å². The number of oxime groups is 1. The van der Waals surface area contributed by atoms with Crippen molar-refractivity contribution in [1.29, 1.82) is 0 Å². The molecule has 4 heteroatoms. The van der Waals surface area contributed by atoms with Gasteiger partial charge in [-0.1, -0.05) is 69.2 Å². The predicted octanol–water partition coefficient (Wildman–Crippen LogP) is 6.03. The van der Waals surface area contributed by atoms with E-state index < -0.39 is 5.97 Å². The summed E-state index contributed by atoms with van der Waals surface area (Å²) in [5, 5.41) is 11.8. The molecular weight excluding hydrogens is 302 g/mol. The van der Waals surface area contributed by atoms with Crippen LogP contribution >= 0.6 is 0 Å². The monoisotopic (exact) mass is 339 g/mol. The zero-order chi connectivity index (χ0) is 17.9. The number of carbonyl (C=O) groups excluding carboxylic acids is 1. The van der Waals surface area contributed by atoms with Gasteiger partial charge < -0.3 is 9.94 Å². The molecule has 0 aliphatic rings. The lowest BCUT2D eigenvalue weighted by Gasteiger charge is -2.03. The number of nitrogens with zero attached hydrogens (tertiary/aromatic N) is 1. The summed E-state index contributed by atoms with van der Waals surface area (Å²) in [5.74, 6) is -0.502. The lowest BCUT2D eigenvalue weighted by molar-refractivity contribution is -0.135. The van der Waals surface area contributed by atoms with Crippen molar-refractivity contribution < 1.29 is 14.7 Å². The molecule has 0 heterocycles. The molecule has 1 N–H and O–H groups in total. The fourth-order valence-corrected chi connectivity index (χ4v) is 2.59. The van der Waals surface area contributed by atoms with Crippen molar-refractivity contribution in [2.45, 2.75) is 97.3 Å². The number of carbonyl (C=O) groups is 1. The first kappa shape index (κ1) is 22.7. The quantitative estimate of drug-likeness (QED) is 0.0933. The van der Waals surface area contributed by atoms with Crippen LogP contribution in [0.1, 0.15) is 97.3 Å². The standard InChI is InChI=1S/C20H37NO3/c1-3-5-6-7-8-9-10-11-12-13-14-15-16-17-18-19(21-23)20(22)24-4-2/h11-12,23H,3-10,13-18H2,1-2H3. The zero-order valence-corrected chi connectivity index (χ0v) is 15.8. The van der Waals surface area contributed by atoms with E-state index >= 15 is 0 Å². The zero-order valence-electron chi connectivity index (χ0n) is 15.8. The third-order valence-electron chi connectivity index (χ3n) is 4.06. The summed E-state index contributed by atoms with van der Waals surface area (Å²) in [4.78, 5) is 11.4. The number of esters is 1. The minimum Gasteiger partial charge on any atom is -0.461 e. The van der Waals surface area contributed by atoms with Gasteiger partial charge in [-0.05, 0) is 39.0 Å². The van der Waals surface area contributed by atoms with Crippen LogP contribution in [-0.4, -0.2) is 23.5 Å². The minimum atomic E-state index is -0.502. The number of hydrogen-bond donors (Lipinski definition) is 1. The topological polar surface area (TPSA) is 58.9 Å². The second-order valence-corrected chi connectivity index (χ2v) is 6.25. The second-order valence-electron chi connectivity index (χ2n) is 6.25. The van der Waals surface area contributed by atoms with Crippen molar-refractivity contribution in [3.05, 3.63) is 12.2 Å². The summed E-state index contributed by atoms with van der Waals surface area (Å²) >= 11 is 0. The van der Waals surface area contributed by atoms with Gasteiger partial charge in [0.1, 0.15) is 0 Å². The van der Waals surface area contributed by atoms with E-state index in [0.29, 0.717) is 13.0 Å². The normalized spacial score (nSPS) is 12.0. The average Bonchev–Trinajstić information content (AvgIpc) is 2.58. The smallest absolute Gasteiger partial charge is 0.356 e. The summed E-state index contributed by atoms with van der Waals surface area (Å²) in [6, 6.07) is 0. The fourth-order valence-electron chi connectivity index (χ4n) is 2.59. The van der Waals surface area contributed by atoms with Gasteiger partial charge in [0.05, 0.1) is 6.61 Å². The maximum atomic E-state index is 11.4. The van der Waals surface area contributed by atoms with Gasteiger partial charge in [-0.2, -0.15) is 0 Å². The van der Waals surface area contributed by atoms with Crippen molar-refractivity contribution in [2.24, 2.45) is 5.16 Å². The van der Waals surface area contributed by atoms with Crippen molar-refractivity contribution in [2.75, 3.05) is 6.61 Å². The van der Waals surface area contributed by atoms with Crippen LogP contribution < -0.4 is 0 Å². The van der Waals surface area contributed by atoms with Crippen LogP contribution in [0.4, 0.5) is 0 Å². The number of allylic oxidation sites excluding steroid dienone is 2. The highest BCUT2D eigenvalue weighted by molar-refractivity contribution is 6.36. The van der Waals surface area contributed by atoms with Gasteiger partial charge in [0.15, 0.2) is 5.71 Å². The number of ether oxygens (including phenoxy) is 1. The van der Waals surface area contributed by atoms with Crippen LogP contribution in [0.3, 0.4) is 0 Å². The first-order chi connectivity index (χ1) is 11.8. The summed E-state index contributed by atoms with van der Waals surface area (Å²) in [7, 11) is 0. The molecule has 0 unspecified atom stereocenters. The Morgan fingerprint density at radius 2 is 1.42 bits per heavy atom. The predicted molar refractivity (Wildman–Crippen MR) is 101 cm³/mol. The van der Waals surface area contributed by atoms with Crippen LogP contribution in [-0.2, 0) is 9.53 Å². The molecule has 0 aliphatic heterocycles. The molecule has 0 fully saturated rings. The molecule has 0 saturated heterocycles. The van der Waals surface area contributed by atoms with E-state index in [-0.39, 0.29) is 5.71 Å². The Kier molecular flexibility index (Phi) is 17.0. The van der Waals surface area contributed by atoms with Gasteiger partial charge in [0.2, 0.25) is 0 Å². The molecule has 0 rings (SSSR count). The molecular formula is C20H37NO3. The van der Waals surface area contributed by atoms with Gasteiger partial charge in [-0.15, -0.1) is 0 Å². The molecule has 0 bridgehead atoms. The van der Waals surface area contributed by atoms with E-state index in [4.69, 9.17) is 9.94 Å². The van der Waals surface area contributed by atoms with E-state index in [2.05, 4.69) is 24.2 Å². The fraction of sp³-hybridized carbons (Fsp3) is 0.800. The second kappa shape index (κ2) is 18.0. The molecule has 4 nitrogen and oxygen atoms in total. The van der Waals surface area contributed by atoms with Gasteiger partial charge in [-0.3, -0.25) is 0 Å². The number of rotatable bonds is 16. The van der Waals surface area contributed by atoms with Crippen LogP contribution in [0.5, 0.6) is 0 Å². The summed E-state index contributed by atoms with van der Waals surface area (Å²) in [5.41, 5.74) is 0.135. The van der Waals surface area contributed by atoms with E-state index in [0.717, 1.165) is 25.7 Å². The highest BCUT2D eigenvalue weighted by atomic mass is 16.5. The van der Waals surface area contributed by atoms with Crippen LogP contribution in [0.15, 0.2) is 17.3 Å². The van der Waals surface area contributed by atoms with Crippen LogP contribution in [0.25, 0.3) is 0 Å². The Balaban J connectivity index is 3.41. The molecule has 140 valence electrons. The van der Waals surface area contributed by atoms with Crippen molar-refractivity contribution in [3.8, 4) is 0 Å². The molecule has 0 saturated carbocycles. The average molecular weight is 340 g/mol. The molecule has 0 aliphatic carbocycles. The van der Waals surface area contributed by atoms with Crippen molar-refractivity contribution in [3.63, 3.8) is 0 Å². The minimum absolute atomic E-state index is 0.135. The van der Waals surface area contributed by atoms with Crippen LogP contribution in [0, 0.1) is 0 Å². The van der Waals surface area contributed by atoms with E-state index in [1.807, 2.05) is 0 Å². The summed E-state index contributed by atoms with van der Waals surface area (Å²) in [6.07, 6.45) is 19.8. The Bertz CT molecular complexity index is 351. The van der Waals surface area contributed by atoms with Gasteiger partial charge in [0.25, 0.3) is 0 Å². The molecule has 24 heavy (non-hydrogen) atoms. The highest BCUT2D eigenvalue weighted by Crippen LogP contribution is 2.09. The molecule has 0 amide bonds. The Morgan fingerprint density at radius 1 is 0.875 bits per heavy atom. The molecule has 0 radical (unpaired) electrons. The molecule has 0 atom stereocenters. The molecule has 0 aromatic rings. The van der Waals surface area contributed by atoms with Crippen molar-refractivity contribution in [1.82, 2.24) is 0 Å². The van der Waals surface area contributed by atoms with Crippen LogP contribution in [0.2, 0.25) is 0 Å². The Hall–Kier alpha value is -1.32. The van der Waals surface area contributed by atoms with E-state index in [1.165, 1.54) is 51.4 Å². The SMILES string of the molecule is CCCCCCCCC=CCCCCCCC(=NO)C(=O)OCC.